The average Bonchev–Trinajstić information content (AvgIpc) is 3.15. The summed E-state index contributed by atoms with van der Waals surface area (Å²) in [6.45, 7) is 8.75. The molecule has 180 valence electrons. The summed E-state index contributed by atoms with van der Waals surface area (Å²) in [7, 11) is -2.70. The normalized spacial score (nSPS) is 27.0. The molecular formula is C28H35NO4Si. The molecule has 1 saturated heterocycles. The lowest BCUT2D eigenvalue weighted by Crippen LogP contribution is -2.67. The molecule has 0 spiro atoms. The zero-order chi connectivity index (χ0) is 24.3. The minimum Gasteiger partial charge on any atom is -0.462 e. The Kier molecular flexibility index (Phi) is 7.27. The third-order valence-corrected chi connectivity index (χ3v) is 12.4. The second kappa shape index (κ2) is 10.0. The van der Waals surface area contributed by atoms with E-state index in [0.29, 0.717) is 19.4 Å². The standard InChI is InChI=1S/C28H35NO4Si/c1-20(30)32-27-17-26-24(16-15-21(18-29)33-26)25(27)19-31-34(28(2,3)4,22-11-7-5-8-12-22)23-13-9-6-10-14-23/h5-14,21,24-27H,15-17,19H2,1-4H3/t21-,24-,25-,26+,27-/m1/s1. The number of carbonyl (C=O) groups is 1. The Bertz CT molecular complexity index is 975. The minimum atomic E-state index is -2.70. The first-order valence-electron chi connectivity index (χ1n) is 12.2. The van der Waals surface area contributed by atoms with Gasteiger partial charge in [0.1, 0.15) is 12.2 Å². The van der Waals surface area contributed by atoms with E-state index in [1.54, 1.807) is 0 Å². The van der Waals surface area contributed by atoms with Crippen LogP contribution in [-0.4, -0.2) is 39.2 Å². The molecule has 6 heteroatoms. The Labute approximate surface area is 204 Å². The van der Waals surface area contributed by atoms with Gasteiger partial charge < -0.3 is 13.9 Å². The van der Waals surface area contributed by atoms with E-state index in [-0.39, 0.29) is 41.2 Å². The molecule has 0 N–H and O–H groups in total. The largest absolute Gasteiger partial charge is 0.462 e. The second-order valence-corrected chi connectivity index (χ2v) is 14.9. The summed E-state index contributed by atoms with van der Waals surface area (Å²) in [6, 6.07) is 23.4. The van der Waals surface area contributed by atoms with Gasteiger partial charge in [0.15, 0.2) is 0 Å². The Morgan fingerprint density at radius 3 is 2.15 bits per heavy atom. The number of benzene rings is 2. The van der Waals surface area contributed by atoms with Crippen molar-refractivity contribution in [1.29, 1.82) is 5.26 Å². The van der Waals surface area contributed by atoms with Gasteiger partial charge in [0, 0.05) is 25.9 Å². The molecule has 0 unspecified atom stereocenters. The molecule has 2 aliphatic rings. The van der Waals surface area contributed by atoms with Gasteiger partial charge in [-0.15, -0.1) is 0 Å². The van der Waals surface area contributed by atoms with E-state index >= 15 is 0 Å². The number of hydrogen-bond donors (Lipinski definition) is 0. The van der Waals surface area contributed by atoms with Crippen LogP contribution in [0, 0.1) is 23.2 Å². The first-order valence-corrected chi connectivity index (χ1v) is 14.1. The maximum atomic E-state index is 11.9. The van der Waals surface area contributed by atoms with E-state index < -0.39 is 8.32 Å². The van der Waals surface area contributed by atoms with Gasteiger partial charge in [-0.3, -0.25) is 4.79 Å². The van der Waals surface area contributed by atoms with Gasteiger partial charge in [0.2, 0.25) is 0 Å². The van der Waals surface area contributed by atoms with Crippen LogP contribution in [0.1, 0.15) is 47.0 Å². The molecule has 5 nitrogen and oxygen atoms in total. The first-order chi connectivity index (χ1) is 16.3. The minimum absolute atomic E-state index is 0.0372. The molecule has 2 aromatic carbocycles. The maximum Gasteiger partial charge on any atom is 0.302 e. The molecule has 2 aromatic rings. The first kappa shape index (κ1) is 24.7. The van der Waals surface area contributed by atoms with Crippen molar-refractivity contribution in [1.82, 2.24) is 0 Å². The third kappa shape index (κ3) is 4.70. The molecule has 34 heavy (non-hydrogen) atoms. The van der Waals surface area contributed by atoms with Crippen molar-refractivity contribution in [3.63, 3.8) is 0 Å². The molecule has 0 radical (unpaired) electrons. The van der Waals surface area contributed by atoms with Crippen molar-refractivity contribution in [2.24, 2.45) is 11.8 Å². The van der Waals surface area contributed by atoms with E-state index in [1.165, 1.54) is 17.3 Å². The van der Waals surface area contributed by atoms with Crippen LogP contribution >= 0.6 is 0 Å². The fraction of sp³-hybridized carbons (Fsp3) is 0.500. The predicted molar refractivity (Wildman–Crippen MR) is 134 cm³/mol. The number of carbonyl (C=O) groups excluding carboxylic acids is 1. The molecule has 4 rings (SSSR count). The van der Waals surface area contributed by atoms with Crippen LogP contribution in [0.5, 0.6) is 0 Å². The van der Waals surface area contributed by atoms with E-state index in [2.05, 4.69) is 75.4 Å². The lowest BCUT2D eigenvalue weighted by molar-refractivity contribution is -0.149. The molecule has 2 fully saturated rings. The fourth-order valence-electron chi connectivity index (χ4n) is 5.97. The van der Waals surface area contributed by atoms with Crippen molar-refractivity contribution >= 4 is 24.7 Å². The molecule has 1 heterocycles. The number of nitriles is 1. The van der Waals surface area contributed by atoms with E-state index in [0.717, 1.165) is 6.42 Å². The number of ether oxygens (including phenoxy) is 2. The van der Waals surface area contributed by atoms with Gasteiger partial charge in [-0.25, -0.2) is 0 Å². The van der Waals surface area contributed by atoms with Crippen molar-refractivity contribution < 1.29 is 18.7 Å². The van der Waals surface area contributed by atoms with Crippen LogP contribution in [0.15, 0.2) is 60.7 Å². The maximum absolute atomic E-state index is 11.9. The van der Waals surface area contributed by atoms with E-state index in [4.69, 9.17) is 13.9 Å². The van der Waals surface area contributed by atoms with Crippen LogP contribution in [0.4, 0.5) is 0 Å². The van der Waals surface area contributed by atoms with Crippen LogP contribution < -0.4 is 10.4 Å². The van der Waals surface area contributed by atoms with Gasteiger partial charge in [0.05, 0.1) is 12.2 Å². The molecular weight excluding hydrogens is 442 g/mol. The molecule has 0 amide bonds. The van der Waals surface area contributed by atoms with Crippen molar-refractivity contribution in [3.05, 3.63) is 60.7 Å². The van der Waals surface area contributed by atoms with Gasteiger partial charge in [-0.05, 0) is 34.2 Å². The molecule has 1 aliphatic heterocycles. The zero-order valence-corrected chi connectivity index (χ0v) is 21.6. The van der Waals surface area contributed by atoms with Gasteiger partial charge in [0.25, 0.3) is 8.32 Å². The number of nitrogens with zero attached hydrogens (tertiary/aromatic N) is 1. The van der Waals surface area contributed by atoms with E-state index in [1.807, 2.05) is 12.1 Å². The highest BCUT2D eigenvalue weighted by Crippen LogP contribution is 2.45. The predicted octanol–water partition coefficient (Wildman–Crippen LogP) is 4.20. The Morgan fingerprint density at radius 2 is 1.65 bits per heavy atom. The van der Waals surface area contributed by atoms with Crippen molar-refractivity contribution in [3.8, 4) is 6.07 Å². The smallest absolute Gasteiger partial charge is 0.302 e. The van der Waals surface area contributed by atoms with Crippen LogP contribution in [0.25, 0.3) is 0 Å². The second-order valence-electron chi connectivity index (χ2n) is 10.6. The highest BCUT2D eigenvalue weighted by atomic mass is 28.4. The summed E-state index contributed by atoms with van der Waals surface area (Å²) in [5, 5.41) is 11.7. The lowest BCUT2D eigenvalue weighted by atomic mass is 9.87. The van der Waals surface area contributed by atoms with Crippen LogP contribution in [0.2, 0.25) is 5.04 Å². The summed E-state index contributed by atoms with van der Waals surface area (Å²) < 4.78 is 19.0. The highest BCUT2D eigenvalue weighted by molar-refractivity contribution is 6.99. The van der Waals surface area contributed by atoms with E-state index in [9.17, 15) is 10.1 Å². The third-order valence-electron chi connectivity index (χ3n) is 7.44. The fourth-order valence-corrected chi connectivity index (χ4v) is 10.6. The summed E-state index contributed by atoms with van der Waals surface area (Å²) in [6.07, 6.45) is 1.50. The summed E-state index contributed by atoms with van der Waals surface area (Å²) >= 11 is 0. The summed E-state index contributed by atoms with van der Waals surface area (Å²) in [5.41, 5.74) is 0. The Morgan fingerprint density at radius 1 is 1.06 bits per heavy atom. The monoisotopic (exact) mass is 477 g/mol. The Balaban J connectivity index is 1.70. The van der Waals surface area contributed by atoms with Gasteiger partial charge >= 0.3 is 5.97 Å². The SMILES string of the molecule is CC(=O)O[C@@H]1C[C@@H]2O[C@@H](C#N)CC[C@@H]2[C@H]1CO[Si](c1ccccc1)(c1ccccc1)C(C)(C)C. The van der Waals surface area contributed by atoms with Gasteiger partial charge in [-0.2, -0.15) is 5.26 Å². The summed E-state index contributed by atoms with van der Waals surface area (Å²) in [5.74, 6) is -0.0294. The molecule has 1 saturated carbocycles. The quantitative estimate of drug-likeness (QED) is 0.461. The average molecular weight is 478 g/mol. The Hall–Kier alpha value is -2.46. The zero-order valence-electron chi connectivity index (χ0n) is 20.6. The molecule has 0 aromatic heterocycles. The number of esters is 1. The molecule has 5 atom stereocenters. The topological polar surface area (TPSA) is 68.5 Å². The van der Waals surface area contributed by atoms with Crippen molar-refractivity contribution in [2.45, 2.75) is 70.3 Å². The molecule has 0 bridgehead atoms. The molecule has 1 aliphatic carbocycles. The van der Waals surface area contributed by atoms with Crippen LogP contribution in [0.3, 0.4) is 0 Å². The highest BCUT2D eigenvalue weighted by Gasteiger charge is 2.53. The summed E-state index contributed by atoms with van der Waals surface area (Å²) in [4.78, 5) is 11.9. The lowest BCUT2D eigenvalue weighted by Gasteiger charge is -2.44. The number of hydrogen-bond acceptors (Lipinski definition) is 5. The van der Waals surface area contributed by atoms with Gasteiger partial charge in [-0.1, -0.05) is 81.4 Å². The van der Waals surface area contributed by atoms with Crippen LogP contribution in [-0.2, 0) is 18.7 Å². The number of rotatable bonds is 6. The number of fused-ring (bicyclic) bond motifs is 1. The van der Waals surface area contributed by atoms with Crippen molar-refractivity contribution in [2.75, 3.05) is 6.61 Å².